The molecule has 0 aliphatic carbocycles. The van der Waals surface area contributed by atoms with Crippen LogP contribution in [0.2, 0.25) is 0 Å². The van der Waals surface area contributed by atoms with Crippen LogP contribution in [-0.2, 0) is 0 Å². The number of benzene rings is 15. The van der Waals surface area contributed by atoms with Crippen molar-refractivity contribution in [2.24, 2.45) is 0 Å². The minimum absolute atomic E-state index is 0.904. The van der Waals surface area contributed by atoms with Crippen LogP contribution in [0.25, 0.3) is 188 Å². The third-order valence-electron chi connectivity index (χ3n) is 20.4. The van der Waals surface area contributed by atoms with Gasteiger partial charge in [-0.1, -0.05) is 212 Å². The van der Waals surface area contributed by atoms with Gasteiger partial charge in [0.1, 0.15) is 0 Å². The Hall–Kier alpha value is -13.1. The van der Waals surface area contributed by atoms with Crippen molar-refractivity contribution < 1.29 is 0 Å². The van der Waals surface area contributed by atoms with E-state index in [-0.39, 0.29) is 0 Å². The first kappa shape index (κ1) is 55.4. The summed E-state index contributed by atoms with van der Waals surface area (Å²) in [5, 5.41) is 10.7. The van der Waals surface area contributed by atoms with E-state index >= 15 is 0 Å². The predicted molar refractivity (Wildman–Crippen MR) is 412 cm³/mol. The van der Waals surface area contributed by atoms with Gasteiger partial charge < -0.3 is 18.3 Å². The first-order valence-corrected chi connectivity index (χ1v) is 33.6. The maximum absolute atomic E-state index is 5.32. The van der Waals surface area contributed by atoms with Crippen LogP contribution < -0.4 is 0 Å². The van der Waals surface area contributed by atoms with E-state index in [9.17, 15) is 0 Å². The molecule has 5 heteroatoms. The van der Waals surface area contributed by atoms with Gasteiger partial charge in [-0.3, -0.25) is 4.98 Å². The molecular formula is C93H59N5. The monoisotopic (exact) mass is 1250 g/mol. The average Bonchev–Trinajstić information content (AvgIpc) is 1.52. The van der Waals surface area contributed by atoms with Crippen molar-refractivity contribution in [2.45, 2.75) is 0 Å². The molecule has 15 aromatic carbocycles. The standard InChI is InChI=1S/C93H59N5/c1-5-22-60(23-6-1)68-51-69(61-24-7-2-8-25-61)53-70(52-68)62-26-21-27-67(50-62)73-48-49-94-83-59-93(98-87-39-20-16-35-77(87)82-57-66(43-47-91(82)98)64-41-45-89-80(55-64)75-33-14-18-37-85(75)96(89)72-30-11-4-12-31-72)92(58-78(73)83)97-86-38-19-15-34-76(86)81-56-65(42-46-90(81)97)63-40-44-88-79(54-63)74-32-13-17-36-84(74)95(88)71-28-9-3-10-29-71/h1-59H. The fraction of sp³-hybridized carbons (Fsp3) is 0. The van der Waals surface area contributed by atoms with Gasteiger partial charge in [-0.15, -0.1) is 0 Å². The van der Waals surface area contributed by atoms with Gasteiger partial charge in [0, 0.05) is 66.0 Å². The van der Waals surface area contributed by atoms with Gasteiger partial charge >= 0.3 is 0 Å². The lowest BCUT2D eigenvalue weighted by atomic mass is 9.91. The summed E-state index contributed by atoms with van der Waals surface area (Å²) < 4.78 is 9.79. The van der Waals surface area contributed by atoms with Gasteiger partial charge in [-0.25, -0.2) is 0 Å². The van der Waals surface area contributed by atoms with Crippen LogP contribution in [0.3, 0.4) is 0 Å². The molecule has 0 spiro atoms. The molecule has 5 heterocycles. The second kappa shape index (κ2) is 22.3. The molecule has 456 valence electrons. The Morgan fingerprint density at radius 3 is 0.908 bits per heavy atom. The Morgan fingerprint density at radius 2 is 0.480 bits per heavy atom. The Kier molecular flexibility index (Phi) is 12.6. The van der Waals surface area contributed by atoms with E-state index < -0.39 is 0 Å². The summed E-state index contributed by atoms with van der Waals surface area (Å²) in [4.78, 5) is 5.32. The van der Waals surface area contributed by atoms with Crippen molar-refractivity contribution in [2.75, 3.05) is 0 Å². The second-order valence-corrected chi connectivity index (χ2v) is 25.8. The smallest absolute Gasteiger partial charge is 0.0730 e. The Labute approximate surface area is 565 Å². The predicted octanol–water partition coefficient (Wildman–Crippen LogP) is 24.6. The maximum Gasteiger partial charge on any atom is 0.0730 e. The molecule has 0 fully saturated rings. The number of fused-ring (bicyclic) bond motifs is 13. The summed E-state index contributed by atoms with van der Waals surface area (Å²) in [5.74, 6) is 0. The Morgan fingerprint density at radius 1 is 0.173 bits per heavy atom. The van der Waals surface area contributed by atoms with E-state index in [1.54, 1.807) is 0 Å². The highest BCUT2D eigenvalue weighted by Gasteiger charge is 2.24. The maximum atomic E-state index is 5.32. The summed E-state index contributed by atoms with van der Waals surface area (Å²) in [5.41, 5.74) is 28.4. The van der Waals surface area contributed by atoms with E-state index in [2.05, 4.69) is 370 Å². The van der Waals surface area contributed by atoms with Crippen LogP contribution >= 0.6 is 0 Å². The van der Waals surface area contributed by atoms with Crippen molar-refractivity contribution in [1.29, 1.82) is 0 Å². The lowest BCUT2D eigenvalue weighted by molar-refractivity contribution is 1.10. The number of hydrogen-bond acceptors (Lipinski definition) is 1. The normalized spacial score (nSPS) is 11.9. The van der Waals surface area contributed by atoms with Crippen molar-refractivity contribution in [3.05, 3.63) is 358 Å². The SMILES string of the molecule is c1ccc(-c2cc(-c3ccccc3)cc(-c3cccc(-c4ccnc5cc(-n6c7ccccc7c7cc(-c8ccc9c(c8)c8ccccc8n9-c8ccccc8)ccc76)c(-n6c7ccccc7c7cc(-c8ccc9c(c8)c8ccccc8n9-c8ccccc8)ccc76)cc45)c3)c2)cc1. The third-order valence-corrected chi connectivity index (χ3v) is 20.4. The Bertz CT molecular complexity index is 6530. The third kappa shape index (κ3) is 8.84. The van der Waals surface area contributed by atoms with Gasteiger partial charge in [-0.2, -0.15) is 0 Å². The van der Waals surface area contributed by atoms with Crippen molar-refractivity contribution in [3.63, 3.8) is 0 Å². The van der Waals surface area contributed by atoms with Gasteiger partial charge in [0.25, 0.3) is 0 Å². The molecule has 0 aliphatic rings. The zero-order chi connectivity index (χ0) is 64.4. The molecule has 5 nitrogen and oxygen atoms in total. The average molecular weight is 1250 g/mol. The van der Waals surface area contributed by atoms with E-state index in [0.29, 0.717) is 0 Å². The number of hydrogen-bond donors (Lipinski definition) is 0. The number of pyridine rings is 1. The zero-order valence-corrected chi connectivity index (χ0v) is 53.3. The molecular weight excluding hydrogens is 1190 g/mol. The van der Waals surface area contributed by atoms with Crippen LogP contribution in [0.4, 0.5) is 0 Å². The molecule has 0 amide bonds. The molecule has 0 unspecified atom stereocenters. The van der Waals surface area contributed by atoms with E-state index in [1.165, 1.54) is 98.5 Å². The van der Waals surface area contributed by atoms with Gasteiger partial charge in [0.05, 0.1) is 61.0 Å². The molecule has 20 aromatic rings. The number of para-hydroxylation sites is 6. The molecule has 0 bridgehead atoms. The molecule has 0 aliphatic heterocycles. The van der Waals surface area contributed by atoms with E-state index in [0.717, 1.165) is 89.1 Å². The molecule has 20 rings (SSSR count). The lowest BCUT2D eigenvalue weighted by Gasteiger charge is -2.19. The van der Waals surface area contributed by atoms with Crippen LogP contribution in [0.1, 0.15) is 0 Å². The zero-order valence-electron chi connectivity index (χ0n) is 53.3. The minimum atomic E-state index is 0.904. The summed E-state index contributed by atoms with van der Waals surface area (Å²) in [7, 11) is 0. The first-order valence-electron chi connectivity index (χ1n) is 33.6. The highest BCUT2D eigenvalue weighted by molar-refractivity contribution is 6.16. The fourth-order valence-corrected chi connectivity index (χ4v) is 15.9. The van der Waals surface area contributed by atoms with Gasteiger partial charge in [0.15, 0.2) is 0 Å². The lowest BCUT2D eigenvalue weighted by Crippen LogP contribution is -2.04. The summed E-state index contributed by atoms with van der Waals surface area (Å²) in [6.07, 6.45) is 1.99. The molecule has 0 saturated carbocycles. The van der Waals surface area contributed by atoms with E-state index in [1.807, 2.05) is 6.20 Å². The number of rotatable bonds is 10. The molecule has 5 aromatic heterocycles. The van der Waals surface area contributed by atoms with Crippen LogP contribution in [0, 0.1) is 0 Å². The quantitative estimate of drug-likeness (QED) is 0.134. The van der Waals surface area contributed by atoms with Crippen molar-refractivity contribution in [1.82, 2.24) is 23.3 Å². The topological polar surface area (TPSA) is 32.6 Å². The summed E-state index contributed by atoms with van der Waals surface area (Å²) in [6.45, 7) is 0. The summed E-state index contributed by atoms with van der Waals surface area (Å²) in [6, 6.07) is 129. The minimum Gasteiger partial charge on any atom is -0.309 e. The highest BCUT2D eigenvalue weighted by Crippen LogP contribution is 2.46. The molecule has 0 saturated heterocycles. The summed E-state index contributed by atoms with van der Waals surface area (Å²) >= 11 is 0. The van der Waals surface area contributed by atoms with Gasteiger partial charge in [-0.05, 0) is 206 Å². The van der Waals surface area contributed by atoms with Gasteiger partial charge in [0.2, 0.25) is 0 Å². The van der Waals surface area contributed by atoms with Crippen LogP contribution in [0.15, 0.2) is 358 Å². The van der Waals surface area contributed by atoms with Crippen LogP contribution in [0.5, 0.6) is 0 Å². The fourth-order valence-electron chi connectivity index (χ4n) is 15.9. The molecule has 0 N–H and O–H groups in total. The van der Waals surface area contributed by atoms with Crippen molar-refractivity contribution in [3.8, 4) is 89.5 Å². The van der Waals surface area contributed by atoms with Crippen molar-refractivity contribution >= 4 is 98.1 Å². The number of aromatic nitrogens is 5. The first-order chi connectivity index (χ1) is 48.6. The largest absolute Gasteiger partial charge is 0.309 e. The van der Waals surface area contributed by atoms with Crippen LogP contribution in [-0.4, -0.2) is 23.3 Å². The second-order valence-electron chi connectivity index (χ2n) is 25.8. The van der Waals surface area contributed by atoms with E-state index in [4.69, 9.17) is 4.98 Å². The molecule has 98 heavy (non-hydrogen) atoms. The highest BCUT2D eigenvalue weighted by atomic mass is 15.1. The molecule has 0 radical (unpaired) electrons. The molecule has 0 atom stereocenters. The Balaban J connectivity index is 0.796. The number of nitrogens with zero attached hydrogens (tertiary/aromatic N) is 5.